The lowest BCUT2D eigenvalue weighted by Crippen LogP contribution is -2.49. The summed E-state index contributed by atoms with van der Waals surface area (Å²) in [5.74, 6) is 0.702. The quantitative estimate of drug-likeness (QED) is 0.348. The van der Waals surface area contributed by atoms with E-state index in [0.29, 0.717) is 31.7 Å². The molecule has 0 saturated carbocycles. The summed E-state index contributed by atoms with van der Waals surface area (Å²) in [5.41, 5.74) is 3.11. The first-order valence-corrected chi connectivity index (χ1v) is 10.8. The topological polar surface area (TPSA) is 105 Å². The van der Waals surface area contributed by atoms with Gasteiger partial charge in [0.15, 0.2) is 5.82 Å². The van der Waals surface area contributed by atoms with Gasteiger partial charge in [0.25, 0.3) is 11.6 Å². The van der Waals surface area contributed by atoms with Crippen LogP contribution in [-0.2, 0) is 0 Å². The van der Waals surface area contributed by atoms with Gasteiger partial charge in [-0.05, 0) is 23.7 Å². The number of amides is 1. The molecule has 1 fully saturated rings. The molecule has 0 atom stereocenters. The lowest BCUT2D eigenvalue weighted by Gasteiger charge is -2.35. The summed E-state index contributed by atoms with van der Waals surface area (Å²) in [6.07, 6.45) is 1.56. The molecule has 2 aromatic heterocycles. The number of hydrogen-bond acceptors (Lipinski definition) is 8. The molecular formula is C22H18N6O3S. The molecule has 32 heavy (non-hydrogen) atoms. The highest BCUT2D eigenvalue weighted by Crippen LogP contribution is 2.34. The molecule has 160 valence electrons. The molecule has 0 bridgehead atoms. The third-order valence-corrected chi connectivity index (χ3v) is 6.31. The number of nitro benzene ring substituents is 1. The number of rotatable bonds is 4. The van der Waals surface area contributed by atoms with Crippen molar-refractivity contribution < 1.29 is 9.72 Å². The number of piperazine rings is 1. The Morgan fingerprint density at radius 1 is 0.969 bits per heavy atom. The maximum atomic E-state index is 12.8. The van der Waals surface area contributed by atoms with E-state index in [0.717, 1.165) is 27.3 Å². The first-order valence-electron chi connectivity index (χ1n) is 10.1. The molecule has 9 nitrogen and oxygen atoms in total. The van der Waals surface area contributed by atoms with Crippen LogP contribution >= 0.6 is 11.5 Å². The van der Waals surface area contributed by atoms with Gasteiger partial charge in [-0.25, -0.2) is 9.97 Å². The molecular weight excluding hydrogens is 428 g/mol. The zero-order valence-electron chi connectivity index (χ0n) is 16.9. The van der Waals surface area contributed by atoms with Gasteiger partial charge in [-0.2, -0.15) is 4.37 Å². The third-order valence-electron chi connectivity index (χ3n) is 5.48. The fourth-order valence-electron chi connectivity index (χ4n) is 3.79. The highest BCUT2D eigenvalue weighted by Gasteiger charge is 2.25. The molecule has 0 unspecified atom stereocenters. The fourth-order valence-corrected chi connectivity index (χ4v) is 4.67. The van der Waals surface area contributed by atoms with Crippen LogP contribution in [0.15, 0.2) is 60.9 Å². The number of anilines is 1. The van der Waals surface area contributed by atoms with Crippen LogP contribution in [0.1, 0.15) is 10.4 Å². The second-order valence-electron chi connectivity index (χ2n) is 7.36. The molecule has 3 heterocycles. The fraction of sp³-hybridized carbons (Fsp3) is 0.182. The van der Waals surface area contributed by atoms with E-state index in [9.17, 15) is 14.9 Å². The van der Waals surface area contributed by atoms with Crippen LogP contribution in [0.25, 0.3) is 21.5 Å². The standard InChI is InChI=1S/C22H18N6O3S/c29-22(16-6-8-17(9-7-16)28(30)31)27-12-10-26(11-13-27)21-20-19(23-14-24-21)18(25-32-20)15-4-2-1-3-5-15/h1-9,14H,10-13H2. The number of carbonyl (C=O) groups is 1. The summed E-state index contributed by atoms with van der Waals surface area (Å²) in [5, 5.41) is 10.8. The largest absolute Gasteiger partial charge is 0.352 e. The molecule has 0 N–H and O–H groups in total. The van der Waals surface area contributed by atoms with Crippen molar-refractivity contribution in [3.63, 3.8) is 0 Å². The minimum atomic E-state index is -0.474. The number of nitro groups is 1. The van der Waals surface area contributed by atoms with Gasteiger partial charge >= 0.3 is 0 Å². The zero-order chi connectivity index (χ0) is 22.1. The SMILES string of the molecule is O=C(c1ccc([N+](=O)[O-])cc1)N1CCN(c2ncnc3c(-c4ccccc4)nsc23)CC1. The van der Waals surface area contributed by atoms with Gasteiger partial charge in [0, 0.05) is 49.4 Å². The van der Waals surface area contributed by atoms with Gasteiger partial charge in [0.05, 0.1) is 4.92 Å². The van der Waals surface area contributed by atoms with Crippen LogP contribution in [0.3, 0.4) is 0 Å². The Morgan fingerprint density at radius 3 is 2.38 bits per heavy atom. The van der Waals surface area contributed by atoms with E-state index in [-0.39, 0.29) is 11.6 Å². The Morgan fingerprint density at radius 2 is 1.69 bits per heavy atom. The number of hydrogen-bond donors (Lipinski definition) is 0. The monoisotopic (exact) mass is 446 g/mol. The van der Waals surface area contributed by atoms with Crippen molar-refractivity contribution in [3.8, 4) is 11.3 Å². The van der Waals surface area contributed by atoms with Gasteiger partial charge < -0.3 is 9.80 Å². The van der Waals surface area contributed by atoms with E-state index in [1.807, 2.05) is 30.3 Å². The minimum absolute atomic E-state index is 0.0291. The van der Waals surface area contributed by atoms with Crippen LogP contribution < -0.4 is 4.90 Å². The van der Waals surface area contributed by atoms with E-state index in [1.54, 1.807) is 11.2 Å². The van der Waals surface area contributed by atoms with Crippen LogP contribution in [0.4, 0.5) is 11.5 Å². The van der Waals surface area contributed by atoms with Gasteiger partial charge in [-0.15, -0.1) is 0 Å². The Labute approximate surface area is 187 Å². The molecule has 10 heteroatoms. The molecule has 1 aliphatic heterocycles. The Balaban J connectivity index is 1.33. The smallest absolute Gasteiger partial charge is 0.269 e. The molecule has 0 spiro atoms. The number of aromatic nitrogens is 3. The first kappa shape index (κ1) is 20.0. The lowest BCUT2D eigenvalue weighted by molar-refractivity contribution is -0.384. The van der Waals surface area contributed by atoms with Crippen molar-refractivity contribution >= 4 is 39.2 Å². The third kappa shape index (κ3) is 3.65. The zero-order valence-corrected chi connectivity index (χ0v) is 17.7. The summed E-state index contributed by atoms with van der Waals surface area (Å²) < 4.78 is 5.56. The summed E-state index contributed by atoms with van der Waals surface area (Å²) in [4.78, 5) is 36.0. The predicted octanol–water partition coefficient (Wildman–Crippen LogP) is 3.62. The number of fused-ring (bicyclic) bond motifs is 1. The summed E-state index contributed by atoms with van der Waals surface area (Å²) >= 11 is 1.38. The van der Waals surface area contributed by atoms with Crippen LogP contribution in [0.5, 0.6) is 0 Å². The van der Waals surface area contributed by atoms with Crippen molar-refractivity contribution in [2.24, 2.45) is 0 Å². The second kappa shape index (κ2) is 8.31. The Kier molecular flexibility index (Phi) is 5.20. The van der Waals surface area contributed by atoms with E-state index in [2.05, 4.69) is 19.2 Å². The second-order valence-corrected chi connectivity index (χ2v) is 8.13. The maximum Gasteiger partial charge on any atom is 0.269 e. The van der Waals surface area contributed by atoms with Crippen molar-refractivity contribution in [2.45, 2.75) is 0 Å². The molecule has 4 aromatic rings. The van der Waals surface area contributed by atoms with Gasteiger partial charge in [0.2, 0.25) is 0 Å². The van der Waals surface area contributed by atoms with Crippen molar-refractivity contribution in [3.05, 3.63) is 76.6 Å². The molecule has 1 amide bonds. The number of benzene rings is 2. The molecule has 0 aliphatic carbocycles. The molecule has 0 radical (unpaired) electrons. The number of nitrogens with zero attached hydrogens (tertiary/aromatic N) is 6. The van der Waals surface area contributed by atoms with Gasteiger partial charge in [-0.3, -0.25) is 14.9 Å². The molecule has 2 aromatic carbocycles. The summed E-state index contributed by atoms with van der Waals surface area (Å²) in [6, 6.07) is 15.7. The van der Waals surface area contributed by atoms with Crippen LogP contribution in [-0.4, -0.2) is 56.3 Å². The Bertz CT molecular complexity index is 1280. The van der Waals surface area contributed by atoms with Crippen molar-refractivity contribution in [2.75, 3.05) is 31.1 Å². The number of carbonyl (C=O) groups excluding carboxylic acids is 1. The van der Waals surface area contributed by atoms with Crippen molar-refractivity contribution in [1.29, 1.82) is 0 Å². The summed E-state index contributed by atoms with van der Waals surface area (Å²) in [7, 11) is 0. The average molecular weight is 446 g/mol. The molecule has 5 rings (SSSR count). The lowest BCUT2D eigenvalue weighted by atomic mass is 10.1. The summed E-state index contributed by atoms with van der Waals surface area (Å²) in [6.45, 7) is 2.32. The van der Waals surface area contributed by atoms with Crippen LogP contribution in [0, 0.1) is 10.1 Å². The molecule has 1 saturated heterocycles. The molecule has 1 aliphatic rings. The predicted molar refractivity (Wildman–Crippen MR) is 122 cm³/mol. The average Bonchev–Trinajstić information content (AvgIpc) is 3.29. The van der Waals surface area contributed by atoms with Crippen LogP contribution in [0.2, 0.25) is 0 Å². The highest BCUT2D eigenvalue weighted by atomic mass is 32.1. The van der Waals surface area contributed by atoms with Gasteiger partial charge in [-0.1, -0.05) is 30.3 Å². The highest BCUT2D eigenvalue weighted by molar-refractivity contribution is 7.14. The van der Waals surface area contributed by atoms with E-state index in [1.165, 1.54) is 35.8 Å². The maximum absolute atomic E-state index is 12.8. The van der Waals surface area contributed by atoms with Gasteiger partial charge in [0.1, 0.15) is 22.2 Å². The minimum Gasteiger partial charge on any atom is -0.352 e. The van der Waals surface area contributed by atoms with Crippen molar-refractivity contribution in [1.82, 2.24) is 19.2 Å². The Hall–Kier alpha value is -3.92. The normalized spacial score (nSPS) is 14.0. The van der Waals surface area contributed by atoms with E-state index in [4.69, 9.17) is 0 Å². The van der Waals surface area contributed by atoms with E-state index >= 15 is 0 Å². The first-order chi connectivity index (χ1) is 15.6. The van der Waals surface area contributed by atoms with E-state index < -0.39 is 4.92 Å². The number of non-ortho nitro benzene ring substituents is 1.